The summed E-state index contributed by atoms with van der Waals surface area (Å²) in [5, 5.41) is 8.88. The summed E-state index contributed by atoms with van der Waals surface area (Å²) in [6, 6.07) is 2.23. The Morgan fingerprint density at radius 2 is 2.27 bits per heavy atom. The summed E-state index contributed by atoms with van der Waals surface area (Å²) in [5.41, 5.74) is -0.138. The lowest BCUT2D eigenvalue weighted by molar-refractivity contribution is 0.0691. The molecule has 1 rings (SSSR count). The highest BCUT2D eigenvalue weighted by Gasteiger charge is 2.17. The molecule has 0 amide bonds. The Bertz CT molecular complexity index is 379. The topological polar surface area (TPSA) is 46.5 Å². The second-order valence-corrected chi connectivity index (χ2v) is 3.57. The molecule has 0 bridgehead atoms. The Morgan fingerprint density at radius 1 is 1.60 bits per heavy atom. The van der Waals surface area contributed by atoms with Gasteiger partial charge in [-0.3, -0.25) is 0 Å². The molecule has 5 heteroatoms. The molecule has 0 saturated heterocycles. The third kappa shape index (κ3) is 2.62. The normalized spacial score (nSPS) is 10.1. The molecule has 1 N–H and O–H groups in total. The summed E-state index contributed by atoms with van der Waals surface area (Å²) in [7, 11) is 0. The minimum absolute atomic E-state index is 0.138. The van der Waals surface area contributed by atoms with Crippen molar-refractivity contribution < 1.29 is 19.0 Å². The van der Waals surface area contributed by atoms with Crippen molar-refractivity contribution in [3.63, 3.8) is 0 Å². The predicted molar refractivity (Wildman–Crippen MR) is 56.3 cm³/mol. The van der Waals surface area contributed by atoms with Gasteiger partial charge in [0.25, 0.3) is 0 Å². The van der Waals surface area contributed by atoms with E-state index in [0.717, 1.165) is 6.07 Å². The van der Waals surface area contributed by atoms with E-state index in [-0.39, 0.29) is 11.3 Å². The number of carboxylic acids is 1. The molecular formula is C10H11FO3S. The number of carboxylic acid groups (broad SMARTS) is 1. The number of hydrogen-bond donors (Lipinski definition) is 1. The van der Waals surface area contributed by atoms with Crippen LogP contribution in [0.4, 0.5) is 4.39 Å². The molecule has 0 fully saturated rings. The molecule has 0 atom stereocenters. The zero-order valence-corrected chi connectivity index (χ0v) is 9.23. The molecule has 0 aromatic heterocycles. The van der Waals surface area contributed by atoms with E-state index in [4.69, 9.17) is 9.84 Å². The number of carbonyl (C=O) groups is 1. The molecule has 0 radical (unpaired) electrons. The van der Waals surface area contributed by atoms with Crippen LogP contribution in [0.5, 0.6) is 5.75 Å². The van der Waals surface area contributed by atoms with E-state index in [1.165, 1.54) is 17.8 Å². The molecule has 0 heterocycles. The molecule has 0 unspecified atom stereocenters. The Kier molecular flexibility index (Phi) is 3.96. The molecule has 15 heavy (non-hydrogen) atoms. The van der Waals surface area contributed by atoms with Crippen LogP contribution >= 0.6 is 11.8 Å². The average Bonchev–Trinajstić information content (AvgIpc) is 2.19. The fourth-order valence-electron chi connectivity index (χ4n) is 1.17. The number of hydrogen-bond acceptors (Lipinski definition) is 3. The summed E-state index contributed by atoms with van der Waals surface area (Å²) in [4.78, 5) is 11.4. The van der Waals surface area contributed by atoms with Gasteiger partial charge in [0, 0.05) is 0 Å². The zero-order chi connectivity index (χ0) is 11.4. The van der Waals surface area contributed by atoms with E-state index in [0.29, 0.717) is 11.5 Å². The minimum atomic E-state index is -1.19. The Hall–Kier alpha value is -1.23. The highest BCUT2D eigenvalue weighted by molar-refractivity contribution is 7.98. The van der Waals surface area contributed by atoms with Crippen LogP contribution in [0.3, 0.4) is 0 Å². The average molecular weight is 230 g/mol. The van der Waals surface area contributed by atoms with Gasteiger partial charge in [0.05, 0.1) is 11.5 Å². The molecule has 1 aromatic carbocycles. The summed E-state index contributed by atoms with van der Waals surface area (Å²) in [6.07, 6.45) is 1.74. The van der Waals surface area contributed by atoms with Gasteiger partial charge in [0.15, 0.2) is 0 Å². The van der Waals surface area contributed by atoms with Crippen molar-refractivity contribution >= 4 is 17.7 Å². The third-order valence-electron chi connectivity index (χ3n) is 1.76. The monoisotopic (exact) mass is 230 g/mol. The van der Waals surface area contributed by atoms with Crippen molar-refractivity contribution in [3.05, 3.63) is 23.5 Å². The van der Waals surface area contributed by atoms with Crippen LogP contribution in [-0.2, 0) is 0 Å². The van der Waals surface area contributed by atoms with E-state index in [2.05, 4.69) is 0 Å². The van der Waals surface area contributed by atoms with Crippen LogP contribution < -0.4 is 4.74 Å². The van der Waals surface area contributed by atoms with Gasteiger partial charge in [-0.25, -0.2) is 9.18 Å². The van der Waals surface area contributed by atoms with Gasteiger partial charge >= 0.3 is 5.97 Å². The van der Waals surface area contributed by atoms with Gasteiger partial charge in [-0.15, -0.1) is 11.8 Å². The Labute approximate surface area is 91.2 Å². The molecule has 1 aromatic rings. The summed E-state index contributed by atoms with van der Waals surface area (Å²) >= 11 is 1.25. The molecule has 82 valence electrons. The summed E-state index contributed by atoms with van der Waals surface area (Å²) < 4.78 is 18.3. The predicted octanol–water partition coefficient (Wildman–Crippen LogP) is 2.64. The number of ether oxygens (including phenoxy) is 1. The van der Waals surface area contributed by atoms with E-state index in [1.807, 2.05) is 0 Å². The lowest BCUT2D eigenvalue weighted by atomic mass is 10.2. The van der Waals surface area contributed by atoms with Crippen molar-refractivity contribution in [3.8, 4) is 5.75 Å². The molecule has 0 aliphatic carbocycles. The quantitative estimate of drug-likeness (QED) is 0.808. The smallest absolute Gasteiger partial charge is 0.339 e. The van der Waals surface area contributed by atoms with Crippen molar-refractivity contribution in [2.45, 2.75) is 11.8 Å². The summed E-state index contributed by atoms with van der Waals surface area (Å²) in [5.74, 6) is -1.52. The first-order valence-electron chi connectivity index (χ1n) is 4.33. The van der Waals surface area contributed by atoms with Crippen LogP contribution in [0, 0.1) is 5.82 Å². The lowest BCUT2D eigenvalue weighted by Gasteiger charge is -2.11. The molecule has 0 saturated carbocycles. The van der Waals surface area contributed by atoms with Crippen LogP contribution in [0.2, 0.25) is 0 Å². The number of thioether (sulfide) groups is 1. The maximum Gasteiger partial charge on any atom is 0.339 e. The standard InChI is InChI=1S/C10H11FO3S/c1-3-14-9-7(10(12)13)4-6(11)5-8(9)15-2/h4-5H,3H2,1-2H3,(H,12,13). The van der Waals surface area contributed by atoms with Crippen molar-refractivity contribution in [1.29, 1.82) is 0 Å². The first-order valence-corrected chi connectivity index (χ1v) is 5.56. The highest BCUT2D eigenvalue weighted by atomic mass is 32.2. The van der Waals surface area contributed by atoms with Crippen LogP contribution in [-0.4, -0.2) is 23.9 Å². The first kappa shape index (κ1) is 11.8. The number of aromatic carboxylic acids is 1. The number of halogens is 1. The number of benzene rings is 1. The Balaban J connectivity index is 3.33. The van der Waals surface area contributed by atoms with Crippen molar-refractivity contribution in [2.24, 2.45) is 0 Å². The van der Waals surface area contributed by atoms with E-state index in [9.17, 15) is 9.18 Å². The van der Waals surface area contributed by atoms with Gasteiger partial charge < -0.3 is 9.84 Å². The van der Waals surface area contributed by atoms with Crippen LogP contribution in [0.25, 0.3) is 0 Å². The fourth-order valence-corrected chi connectivity index (χ4v) is 1.76. The molecule has 0 aliphatic heterocycles. The van der Waals surface area contributed by atoms with E-state index >= 15 is 0 Å². The SMILES string of the molecule is CCOc1c(SC)cc(F)cc1C(=O)O. The second-order valence-electron chi connectivity index (χ2n) is 2.72. The molecule has 3 nitrogen and oxygen atoms in total. The summed E-state index contributed by atoms with van der Waals surface area (Å²) in [6.45, 7) is 2.10. The fraction of sp³-hybridized carbons (Fsp3) is 0.300. The second kappa shape index (κ2) is 5.02. The van der Waals surface area contributed by atoms with Gasteiger partial charge in [0.1, 0.15) is 17.1 Å². The maximum atomic E-state index is 13.1. The molecule has 0 spiro atoms. The molecular weight excluding hydrogens is 219 g/mol. The van der Waals surface area contributed by atoms with Crippen LogP contribution in [0.15, 0.2) is 17.0 Å². The van der Waals surface area contributed by atoms with Crippen molar-refractivity contribution in [2.75, 3.05) is 12.9 Å². The van der Waals surface area contributed by atoms with Gasteiger partial charge in [-0.2, -0.15) is 0 Å². The third-order valence-corrected chi connectivity index (χ3v) is 2.50. The van der Waals surface area contributed by atoms with Gasteiger partial charge in [-0.1, -0.05) is 0 Å². The van der Waals surface area contributed by atoms with Crippen LogP contribution in [0.1, 0.15) is 17.3 Å². The molecule has 0 aliphatic rings. The van der Waals surface area contributed by atoms with Gasteiger partial charge in [-0.05, 0) is 25.3 Å². The van der Waals surface area contributed by atoms with E-state index in [1.54, 1.807) is 13.2 Å². The largest absolute Gasteiger partial charge is 0.492 e. The maximum absolute atomic E-state index is 13.1. The van der Waals surface area contributed by atoms with Gasteiger partial charge in [0.2, 0.25) is 0 Å². The van der Waals surface area contributed by atoms with Crippen molar-refractivity contribution in [1.82, 2.24) is 0 Å². The minimum Gasteiger partial charge on any atom is -0.492 e. The number of rotatable bonds is 4. The lowest BCUT2D eigenvalue weighted by Crippen LogP contribution is -2.05. The Morgan fingerprint density at radius 3 is 2.73 bits per heavy atom. The first-order chi connectivity index (χ1) is 7.10. The zero-order valence-electron chi connectivity index (χ0n) is 8.41. The highest BCUT2D eigenvalue weighted by Crippen LogP contribution is 2.32. The van der Waals surface area contributed by atoms with E-state index < -0.39 is 11.8 Å².